The van der Waals surface area contributed by atoms with Crippen molar-refractivity contribution in [2.45, 2.75) is 33.2 Å². The zero-order valence-corrected chi connectivity index (χ0v) is 14.4. The number of benzene rings is 1. The first-order valence-electron chi connectivity index (χ1n) is 6.07. The Labute approximate surface area is 130 Å². The summed E-state index contributed by atoms with van der Waals surface area (Å²) < 4.78 is 13.8. The quantitative estimate of drug-likeness (QED) is 0.747. The maximum Gasteiger partial charge on any atom is 0.251 e. The van der Waals surface area contributed by atoms with Gasteiger partial charge in [0.2, 0.25) is 0 Å². The monoisotopic (exact) mass is 393 g/mol. The summed E-state index contributed by atoms with van der Waals surface area (Å²) in [4.78, 5) is 12.1. The number of nitrogens with one attached hydrogen (secondary N) is 1. The van der Waals surface area contributed by atoms with Crippen LogP contribution in [0.3, 0.4) is 0 Å². The highest BCUT2D eigenvalue weighted by Crippen LogP contribution is 2.23. The number of carbonyl (C=O) groups is 1. The molecule has 0 saturated carbocycles. The Morgan fingerprint density at radius 1 is 1.42 bits per heavy atom. The Morgan fingerprint density at radius 2 is 2.05 bits per heavy atom. The van der Waals surface area contributed by atoms with Crippen molar-refractivity contribution >= 4 is 37.8 Å². The standard InChI is InChI=1S/C14H18Br2FNO/c1-14(2,3)12(6-7-15)18-13(19)9-4-5-10(16)11(17)8-9/h4-5,8,12H,6-7H2,1-3H3,(H,18,19). The number of halogens is 3. The SMILES string of the molecule is CC(C)(C)C(CCBr)NC(=O)c1ccc(Br)c(F)c1. The first-order valence-corrected chi connectivity index (χ1v) is 7.99. The van der Waals surface area contributed by atoms with Gasteiger partial charge in [-0.15, -0.1) is 0 Å². The highest BCUT2D eigenvalue weighted by molar-refractivity contribution is 9.10. The van der Waals surface area contributed by atoms with Gasteiger partial charge in [0.05, 0.1) is 4.47 Å². The minimum Gasteiger partial charge on any atom is -0.349 e. The molecule has 0 aliphatic rings. The molecule has 1 aromatic carbocycles. The van der Waals surface area contributed by atoms with Gasteiger partial charge in [-0.25, -0.2) is 4.39 Å². The molecule has 0 fully saturated rings. The fourth-order valence-corrected chi connectivity index (χ4v) is 2.41. The van der Waals surface area contributed by atoms with Crippen molar-refractivity contribution in [3.05, 3.63) is 34.1 Å². The molecule has 1 N–H and O–H groups in total. The van der Waals surface area contributed by atoms with E-state index in [4.69, 9.17) is 0 Å². The van der Waals surface area contributed by atoms with Crippen LogP contribution < -0.4 is 5.32 Å². The third kappa shape index (κ3) is 4.88. The molecule has 0 spiro atoms. The summed E-state index contributed by atoms with van der Waals surface area (Å²) in [6.07, 6.45) is 0.828. The van der Waals surface area contributed by atoms with Crippen molar-refractivity contribution in [3.8, 4) is 0 Å². The summed E-state index contributed by atoms with van der Waals surface area (Å²) in [7, 11) is 0. The molecule has 0 radical (unpaired) electrons. The number of amides is 1. The summed E-state index contributed by atoms with van der Waals surface area (Å²) in [6.45, 7) is 6.22. The third-order valence-corrected chi connectivity index (χ3v) is 4.03. The highest BCUT2D eigenvalue weighted by atomic mass is 79.9. The molecule has 1 aromatic rings. The van der Waals surface area contributed by atoms with Gasteiger partial charge in [-0.1, -0.05) is 36.7 Å². The van der Waals surface area contributed by atoms with E-state index in [1.807, 2.05) is 0 Å². The second-order valence-electron chi connectivity index (χ2n) is 5.50. The van der Waals surface area contributed by atoms with Gasteiger partial charge in [0.25, 0.3) is 5.91 Å². The van der Waals surface area contributed by atoms with Crippen LogP contribution in [0.4, 0.5) is 4.39 Å². The number of hydrogen-bond donors (Lipinski definition) is 1. The van der Waals surface area contributed by atoms with Crippen LogP contribution in [0.5, 0.6) is 0 Å². The fourth-order valence-electron chi connectivity index (χ4n) is 1.71. The van der Waals surface area contributed by atoms with Gasteiger partial charge in [-0.2, -0.15) is 0 Å². The summed E-state index contributed by atoms with van der Waals surface area (Å²) >= 11 is 6.47. The lowest BCUT2D eigenvalue weighted by molar-refractivity contribution is 0.0900. The lowest BCUT2D eigenvalue weighted by Crippen LogP contribution is -2.44. The van der Waals surface area contributed by atoms with Crippen LogP contribution in [0.15, 0.2) is 22.7 Å². The van der Waals surface area contributed by atoms with Gasteiger partial charge < -0.3 is 5.32 Å². The maximum absolute atomic E-state index is 13.4. The van der Waals surface area contributed by atoms with Gasteiger partial charge >= 0.3 is 0 Å². The van der Waals surface area contributed by atoms with Crippen LogP contribution >= 0.6 is 31.9 Å². The van der Waals surface area contributed by atoms with E-state index >= 15 is 0 Å². The van der Waals surface area contributed by atoms with E-state index in [-0.39, 0.29) is 17.4 Å². The van der Waals surface area contributed by atoms with Gasteiger partial charge in [-0.3, -0.25) is 4.79 Å². The first kappa shape index (κ1) is 16.6. The topological polar surface area (TPSA) is 29.1 Å². The third-order valence-electron chi connectivity index (χ3n) is 2.93. The predicted octanol–water partition coefficient (Wildman–Crippen LogP) is 4.52. The molecule has 5 heteroatoms. The molecule has 0 aliphatic heterocycles. The Bertz CT molecular complexity index is 457. The van der Waals surface area contributed by atoms with E-state index in [0.717, 1.165) is 11.8 Å². The summed E-state index contributed by atoms with van der Waals surface area (Å²) in [6, 6.07) is 4.43. The van der Waals surface area contributed by atoms with Crippen molar-refractivity contribution in [3.63, 3.8) is 0 Å². The van der Waals surface area contributed by atoms with E-state index in [2.05, 4.69) is 57.9 Å². The van der Waals surface area contributed by atoms with Crippen molar-refractivity contribution in [1.29, 1.82) is 0 Å². The Kier molecular flexibility index (Phi) is 5.99. The molecule has 1 atom stereocenters. The number of carbonyl (C=O) groups excluding carboxylic acids is 1. The van der Waals surface area contributed by atoms with E-state index in [1.165, 1.54) is 6.07 Å². The molecule has 106 valence electrons. The molecule has 2 nitrogen and oxygen atoms in total. The minimum atomic E-state index is -0.430. The van der Waals surface area contributed by atoms with Gasteiger partial charge in [-0.05, 0) is 46.0 Å². The Morgan fingerprint density at radius 3 is 2.53 bits per heavy atom. The summed E-state index contributed by atoms with van der Waals surface area (Å²) in [5.74, 6) is -0.673. The normalized spacial score (nSPS) is 13.2. The van der Waals surface area contributed by atoms with Crippen LogP contribution in [0.2, 0.25) is 0 Å². The van der Waals surface area contributed by atoms with Crippen molar-refractivity contribution in [2.75, 3.05) is 5.33 Å². The summed E-state index contributed by atoms with van der Waals surface area (Å²) in [5, 5.41) is 3.78. The average molecular weight is 395 g/mol. The van der Waals surface area contributed by atoms with E-state index in [9.17, 15) is 9.18 Å². The predicted molar refractivity (Wildman–Crippen MR) is 83.2 cm³/mol. The van der Waals surface area contributed by atoms with E-state index in [1.54, 1.807) is 12.1 Å². The van der Waals surface area contributed by atoms with Gasteiger partial charge in [0.1, 0.15) is 5.82 Å². The van der Waals surface area contributed by atoms with Crippen LogP contribution in [-0.2, 0) is 0 Å². The largest absolute Gasteiger partial charge is 0.349 e. The van der Waals surface area contributed by atoms with Crippen LogP contribution in [0.25, 0.3) is 0 Å². The van der Waals surface area contributed by atoms with Crippen molar-refractivity contribution < 1.29 is 9.18 Å². The average Bonchev–Trinajstić information content (AvgIpc) is 2.30. The Balaban J connectivity index is 2.84. The summed E-state index contributed by atoms with van der Waals surface area (Å²) in [5.41, 5.74) is 0.293. The fraction of sp³-hybridized carbons (Fsp3) is 0.500. The zero-order valence-electron chi connectivity index (χ0n) is 11.3. The molecule has 0 heterocycles. The molecular weight excluding hydrogens is 377 g/mol. The molecule has 0 aliphatic carbocycles. The van der Waals surface area contributed by atoms with Crippen molar-refractivity contribution in [2.24, 2.45) is 5.41 Å². The zero-order chi connectivity index (χ0) is 14.6. The molecule has 0 aromatic heterocycles. The smallest absolute Gasteiger partial charge is 0.251 e. The van der Waals surface area contributed by atoms with E-state index in [0.29, 0.717) is 10.0 Å². The van der Waals surface area contributed by atoms with Crippen LogP contribution in [0, 0.1) is 11.2 Å². The molecule has 0 bridgehead atoms. The number of alkyl halides is 1. The number of hydrogen-bond acceptors (Lipinski definition) is 1. The molecule has 19 heavy (non-hydrogen) atoms. The second kappa shape index (κ2) is 6.84. The molecule has 1 rings (SSSR count). The van der Waals surface area contributed by atoms with Crippen LogP contribution in [-0.4, -0.2) is 17.3 Å². The molecule has 0 saturated heterocycles. The Hall–Kier alpha value is -0.420. The second-order valence-corrected chi connectivity index (χ2v) is 7.15. The lowest BCUT2D eigenvalue weighted by Gasteiger charge is -2.31. The first-order chi connectivity index (χ1) is 8.75. The highest BCUT2D eigenvalue weighted by Gasteiger charge is 2.26. The van der Waals surface area contributed by atoms with E-state index < -0.39 is 5.82 Å². The lowest BCUT2D eigenvalue weighted by atomic mass is 9.85. The minimum absolute atomic E-state index is 0.0334. The number of rotatable bonds is 4. The van der Waals surface area contributed by atoms with Crippen molar-refractivity contribution in [1.82, 2.24) is 5.32 Å². The van der Waals surface area contributed by atoms with Gasteiger partial charge in [0.15, 0.2) is 0 Å². The molecule has 1 amide bonds. The molecular formula is C14H18Br2FNO. The van der Waals surface area contributed by atoms with Gasteiger partial charge in [0, 0.05) is 16.9 Å². The maximum atomic E-state index is 13.4. The molecule has 1 unspecified atom stereocenters. The van der Waals surface area contributed by atoms with Crippen LogP contribution in [0.1, 0.15) is 37.6 Å².